The molecule has 15 heteroatoms. The second kappa shape index (κ2) is 13.8. The summed E-state index contributed by atoms with van der Waals surface area (Å²) >= 11 is 0. The van der Waals surface area contributed by atoms with Gasteiger partial charge in [-0.2, -0.15) is 26.3 Å². The van der Waals surface area contributed by atoms with Crippen molar-refractivity contribution in [2.45, 2.75) is 116 Å². The van der Waals surface area contributed by atoms with Crippen molar-refractivity contribution in [3.05, 3.63) is 29.6 Å². The molecule has 252 valence electrons. The highest BCUT2D eigenvalue weighted by molar-refractivity contribution is 7.84. The van der Waals surface area contributed by atoms with Gasteiger partial charge < -0.3 is 15.0 Å². The average Bonchev–Trinajstić information content (AvgIpc) is 3.19. The summed E-state index contributed by atoms with van der Waals surface area (Å²) in [6.45, 7) is 15.5. The van der Waals surface area contributed by atoms with Crippen molar-refractivity contribution in [3.63, 3.8) is 0 Å². The second-order valence-electron chi connectivity index (χ2n) is 14.2. The summed E-state index contributed by atoms with van der Waals surface area (Å²) in [7, 11) is -3.24. The van der Waals surface area contributed by atoms with Crippen LogP contribution in [-0.2, 0) is 27.2 Å². The number of nitrogens with zero attached hydrogens (tertiary/aromatic N) is 2. The van der Waals surface area contributed by atoms with E-state index in [0.29, 0.717) is 17.7 Å². The first-order valence-corrected chi connectivity index (χ1v) is 19.3. The summed E-state index contributed by atoms with van der Waals surface area (Å²) in [4.78, 5) is 16.6. The first-order chi connectivity index (χ1) is 19.7. The van der Waals surface area contributed by atoms with E-state index in [9.17, 15) is 35.3 Å². The summed E-state index contributed by atoms with van der Waals surface area (Å²) in [5, 5.41) is 0. The zero-order valence-corrected chi connectivity index (χ0v) is 28.7. The number of primary amides is 1. The largest absolute Gasteiger partial charge is 0.394 e. The second-order valence-corrected chi connectivity index (χ2v) is 21.9. The first kappa shape index (κ1) is 38.2. The lowest BCUT2D eigenvalue weighted by molar-refractivity contribution is -0.215. The zero-order valence-electron chi connectivity index (χ0n) is 26.9. The molecule has 0 radical (unpaired) electrons. The molecule has 0 aliphatic rings. The number of alkyl halides is 6. The molecule has 7 nitrogen and oxygen atoms in total. The minimum atomic E-state index is -4.62. The number of hydrogen-bond acceptors (Lipinski definition) is 4. The predicted octanol–water partition coefficient (Wildman–Crippen LogP) is 7.58. The summed E-state index contributed by atoms with van der Waals surface area (Å²) in [6.07, 6.45) is -11.1. The van der Waals surface area contributed by atoms with Crippen LogP contribution in [0.1, 0.15) is 77.7 Å². The van der Waals surface area contributed by atoms with E-state index in [0.717, 1.165) is 19.9 Å². The molecule has 1 unspecified atom stereocenters. The van der Waals surface area contributed by atoms with Gasteiger partial charge in [0.2, 0.25) is 5.91 Å². The van der Waals surface area contributed by atoms with Gasteiger partial charge in [-0.3, -0.25) is 4.79 Å². The highest BCUT2D eigenvalue weighted by Crippen LogP contribution is 2.44. The molecule has 1 amide bonds. The van der Waals surface area contributed by atoms with Gasteiger partial charge in [-0.25, -0.2) is 13.9 Å². The summed E-state index contributed by atoms with van der Waals surface area (Å²) in [5.41, 5.74) is 4.25. The molecule has 0 spiro atoms. The molecular formula is C29H46F6N4O3SSi. The van der Waals surface area contributed by atoms with Crippen molar-refractivity contribution in [3.8, 4) is 0 Å². The van der Waals surface area contributed by atoms with Gasteiger partial charge in [0.15, 0.2) is 0 Å². The van der Waals surface area contributed by atoms with Crippen molar-refractivity contribution in [2.75, 3.05) is 6.61 Å². The highest BCUT2D eigenvalue weighted by atomic mass is 32.2. The Labute approximate surface area is 259 Å². The Hall–Kier alpha value is -1.97. The quantitative estimate of drug-likeness (QED) is 0.123. The number of aromatic nitrogens is 2. The number of nitrogens with two attached hydrogens (primary N) is 1. The molecule has 0 saturated heterocycles. The third-order valence-corrected chi connectivity index (χ3v) is 10.9. The van der Waals surface area contributed by atoms with E-state index >= 15 is 0 Å². The fourth-order valence-corrected chi connectivity index (χ4v) is 6.07. The molecule has 2 rings (SSSR count). The van der Waals surface area contributed by atoms with Gasteiger partial charge in [0.25, 0.3) is 0 Å². The molecule has 1 aromatic carbocycles. The van der Waals surface area contributed by atoms with Crippen LogP contribution in [0.2, 0.25) is 25.7 Å². The number of carbonyl (C=O) groups is 1. The number of fused-ring (bicyclic) bond motifs is 1. The van der Waals surface area contributed by atoms with Gasteiger partial charge in [-0.1, -0.05) is 46.5 Å². The van der Waals surface area contributed by atoms with Crippen LogP contribution in [0.25, 0.3) is 11.0 Å². The molecule has 0 saturated carbocycles. The number of rotatable bonds is 14. The first-order valence-electron chi connectivity index (χ1n) is 14.4. The third kappa shape index (κ3) is 10.5. The Bertz CT molecular complexity index is 1320. The van der Waals surface area contributed by atoms with Crippen LogP contribution in [0.5, 0.6) is 0 Å². The predicted molar refractivity (Wildman–Crippen MR) is 164 cm³/mol. The SMILES string of the molecule is C[C@@H](c1ccc2c(c1)nc([C@H](CC(C)(C)C(F)(F)F)N[S@](=O)C(C)(C)C)n2COCC[Si](C)(C)C)C(CC(F)(F)F)C(N)=O. The zero-order chi connectivity index (χ0) is 34.1. The van der Waals surface area contributed by atoms with E-state index in [-0.39, 0.29) is 18.1 Å². The summed E-state index contributed by atoms with van der Waals surface area (Å²) in [6, 6.07) is 4.36. The van der Waals surface area contributed by atoms with E-state index in [4.69, 9.17) is 10.5 Å². The van der Waals surface area contributed by atoms with Crippen LogP contribution in [-0.4, -0.2) is 51.4 Å². The summed E-state index contributed by atoms with van der Waals surface area (Å²) in [5.74, 6) is -3.41. The van der Waals surface area contributed by atoms with Crippen molar-refractivity contribution >= 4 is 36.0 Å². The number of ether oxygens (including phenoxy) is 1. The maximum atomic E-state index is 14.1. The van der Waals surface area contributed by atoms with Gasteiger partial charge in [0.05, 0.1) is 50.6 Å². The van der Waals surface area contributed by atoms with E-state index in [1.807, 2.05) is 0 Å². The van der Waals surface area contributed by atoms with Crippen LogP contribution < -0.4 is 10.5 Å². The van der Waals surface area contributed by atoms with Crippen molar-refractivity contribution in [1.29, 1.82) is 0 Å². The van der Waals surface area contributed by atoms with Crippen LogP contribution >= 0.6 is 0 Å². The van der Waals surface area contributed by atoms with Crippen LogP contribution in [0, 0.1) is 11.3 Å². The van der Waals surface area contributed by atoms with Gasteiger partial charge >= 0.3 is 12.4 Å². The topological polar surface area (TPSA) is 99.2 Å². The molecule has 1 heterocycles. The Kier molecular flexibility index (Phi) is 12.0. The molecule has 0 bridgehead atoms. The van der Waals surface area contributed by atoms with Gasteiger partial charge in [-0.15, -0.1) is 0 Å². The molecule has 44 heavy (non-hydrogen) atoms. The molecule has 1 aromatic heterocycles. The number of imidazole rings is 1. The fraction of sp³-hybridized carbons (Fsp3) is 0.724. The monoisotopic (exact) mass is 672 g/mol. The minimum absolute atomic E-state index is 0.0595. The summed E-state index contributed by atoms with van der Waals surface area (Å²) < 4.78 is 105. The van der Waals surface area contributed by atoms with Crippen molar-refractivity contribution in [1.82, 2.24) is 14.3 Å². The normalized spacial score (nSPS) is 16.6. The van der Waals surface area contributed by atoms with E-state index in [1.165, 1.54) is 13.0 Å². The number of nitrogens with one attached hydrogen (secondary N) is 1. The van der Waals surface area contributed by atoms with Crippen LogP contribution in [0.15, 0.2) is 18.2 Å². The van der Waals surface area contributed by atoms with Gasteiger partial charge in [0.1, 0.15) is 12.6 Å². The lowest BCUT2D eigenvalue weighted by atomic mass is 9.84. The molecule has 3 N–H and O–H groups in total. The molecule has 0 aliphatic carbocycles. The van der Waals surface area contributed by atoms with Crippen molar-refractivity contribution in [2.24, 2.45) is 17.1 Å². The molecule has 0 fully saturated rings. The van der Waals surface area contributed by atoms with E-state index < -0.39 is 78.2 Å². The molecule has 4 atom stereocenters. The number of amides is 1. The maximum Gasteiger partial charge on any atom is 0.394 e. The van der Waals surface area contributed by atoms with Crippen LogP contribution in [0.3, 0.4) is 0 Å². The maximum absolute atomic E-state index is 14.1. The molecular weight excluding hydrogens is 626 g/mol. The lowest BCUT2D eigenvalue weighted by Crippen LogP contribution is -2.41. The molecule has 0 aliphatic heterocycles. The number of carbonyl (C=O) groups excluding carboxylic acids is 1. The number of benzene rings is 1. The smallest absolute Gasteiger partial charge is 0.369 e. The highest BCUT2D eigenvalue weighted by Gasteiger charge is 2.49. The Balaban J connectivity index is 2.71. The van der Waals surface area contributed by atoms with Gasteiger partial charge in [0, 0.05) is 14.7 Å². The lowest BCUT2D eigenvalue weighted by Gasteiger charge is -2.33. The van der Waals surface area contributed by atoms with E-state index in [2.05, 4.69) is 29.3 Å². The molecule has 2 aromatic rings. The third-order valence-electron chi connectivity index (χ3n) is 7.56. The number of hydrogen-bond donors (Lipinski definition) is 2. The van der Waals surface area contributed by atoms with E-state index in [1.54, 1.807) is 37.5 Å². The standard InChI is InChI=1S/C29H46F6N4O3SSi/c1-18(20(24(36)40)15-28(30,31)32)19-10-11-23-21(14-19)37-25(39(23)17-42-12-13-44(7,8)9)22(38-43(41)26(2,3)4)16-27(5,6)29(33,34)35/h10-11,14,18,20,22,38H,12-13,15-17H2,1-9H3,(H2,36,40)/t18-,20?,22-,43+/m0/s1. The van der Waals surface area contributed by atoms with Gasteiger partial charge in [-0.05, 0) is 56.9 Å². The minimum Gasteiger partial charge on any atom is -0.369 e. The Morgan fingerprint density at radius 3 is 2.14 bits per heavy atom. The average molecular weight is 673 g/mol. The fourth-order valence-electron chi connectivity index (χ4n) is 4.51. The number of halogens is 6. The van der Waals surface area contributed by atoms with Crippen LogP contribution in [0.4, 0.5) is 26.3 Å². The Morgan fingerprint density at radius 2 is 1.66 bits per heavy atom. The van der Waals surface area contributed by atoms with Crippen molar-refractivity contribution < 1.29 is 40.1 Å². The Morgan fingerprint density at radius 1 is 1.07 bits per heavy atom.